The number of carbonyl (C=O) groups is 1. The topological polar surface area (TPSA) is 135 Å². The molecule has 3 N–H and O–H groups in total. The van der Waals surface area contributed by atoms with Gasteiger partial charge < -0.3 is 15.7 Å². The van der Waals surface area contributed by atoms with Crippen molar-refractivity contribution in [2.24, 2.45) is 0 Å². The van der Waals surface area contributed by atoms with Gasteiger partial charge in [0.25, 0.3) is 0 Å². The van der Waals surface area contributed by atoms with Crippen LogP contribution in [0.2, 0.25) is 16.0 Å². The number of halogens is 2. The fraction of sp³-hybridized carbons (Fsp3) is 0.364. The minimum atomic E-state index is -0.934. The van der Waals surface area contributed by atoms with Crippen molar-refractivity contribution in [3.8, 4) is 5.82 Å². The van der Waals surface area contributed by atoms with Crippen molar-refractivity contribution in [1.82, 2.24) is 39.9 Å². The first kappa shape index (κ1) is 29.5. The second kappa shape index (κ2) is 13.5. The van der Waals surface area contributed by atoms with Crippen LogP contribution in [0.15, 0.2) is 36.9 Å². The Morgan fingerprint density at radius 1 is 1.14 bits per heavy atom. The van der Waals surface area contributed by atoms with E-state index in [0.29, 0.717) is 40.0 Å². The van der Waals surface area contributed by atoms with Crippen LogP contribution in [0.25, 0.3) is 11.5 Å². The predicted octanol–water partition coefficient (Wildman–Crippen LogP) is 3.37. The van der Waals surface area contributed by atoms with E-state index in [4.69, 9.17) is 23.2 Å². The van der Waals surface area contributed by atoms with E-state index < -0.39 is 11.5 Å². The van der Waals surface area contributed by atoms with Crippen molar-refractivity contribution < 1.29 is 9.90 Å². The standard InChI is InChI=1S/C19H19Cl2N9O2.C2H6.CH3Se/c1-19(2,14(32)9-22-10-31)17-13(8-23-16-6-15(21)28-29(16)17)27-11-5-12(20)18(24-7-11)30-25-3-4-26-30;2*1-2/h3-8,10,14,27,32H,9H2,1-2H3,(H,22,31);1-2H3;1H3. The van der Waals surface area contributed by atoms with Crippen molar-refractivity contribution in [3.63, 3.8) is 0 Å². The third kappa shape index (κ3) is 6.51. The van der Waals surface area contributed by atoms with Crippen LogP contribution in [0.3, 0.4) is 0 Å². The number of pyridine rings is 1. The van der Waals surface area contributed by atoms with Crippen LogP contribution in [0.1, 0.15) is 33.4 Å². The summed E-state index contributed by atoms with van der Waals surface area (Å²) < 4.78 is 1.56. The summed E-state index contributed by atoms with van der Waals surface area (Å²) in [5.74, 6) is 2.26. The van der Waals surface area contributed by atoms with Gasteiger partial charge in [0.15, 0.2) is 16.6 Å². The molecule has 4 rings (SSSR count). The Kier molecular flexibility index (Phi) is 11.1. The number of carbonyl (C=O) groups excluding carboxylic acids is 1. The number of aliphatic hydroxyl groups is 1. The van der Waals surface area contributed by atoms with Crippen LogP contribution in [-0.4, -0.2) is 74.8 Å². The summed E-state index contributed by atoms with van der Waals surface area (Å²) in [4.78, 5) is 20.8. The van der Waals surface area contributed by atoms with Crippen LogP contribution in [-0.2, 0) is 10.2 Å². The Bertz CT molecular complexity index is 1270. The molecule has 0 aliphatic rings. The molecule has 1 unspecified atom stereocenters. The van der Waals surface area contributed by atoms with E-state index in [1.807, 2.05) is 33.5 Å². The second-order valence-electron chi connectivity index (χ2n) is 7.49. The molecule has 0 aromatic carbocycles. The van der Waals surface area contributed by atoms with Gasteiger partial charge in [-0.3, -0.25) is 4.79 Å². The molecule has 11 nitrogen and oxygen atoms in total. The van der Waals surface area contributed by atoms with E-state index in [0.717, 1.165) is 0 Å². The number of anilines is 2. The van der Waals surface area contributed by atoms with Gasteiger partial charge in [0.1, 0.15) is 0 Å². The van der Waals surface area contributed by atoms with Crippen molar-refractivity contribution in [3.05, 3.63) is 52.8 Å². The summed E-state index contributed by atoms with van der Waals surface area (Å²) in [5.41, 5.74) is 1.36. The van der Waals surface area contributed by atoms with Crippen molar-refractivity contribution in [2.45, 2.75) is 45.0 Å². The van der Waals surface area contributed by atoms with Gasteiger partial charge in [-0.15, -0.1) is 4.80 Å². The van der Waals surface area contributed by atoms with Gasteiger partial charge in [0.05, 0.1) is 53.0 Å². The van der Waals surface area contributed by atoms with Crippen LogP contribution < -0.4 is 10.6 Å². The zero-order chi connectivity index (χ0) is 26.9. The van der Waals surface area contributed by atoms with Gasteiger partial charge >= 0.3 is 21.8 Å². The third-order valence-electron chi connectivity index (χ3n) is 5.00. The Morgan fingerprint density at radius 2 is 1.81 bits per heavy atom. The number of aliphatic hydroxyl groups excluding tert-OH is 1. The summed E-state index contributed by atoms with van der Waals surface area (Å²) >= 11 is 15.1. The molecule has 14 heteroatoms. The average Bonchev–Trinajstić information content (AvgIpc) is 3.54. The number of hydrogen-bond acceptors (Lipinski definition) is 8. The number of nitrogens with one attached hydrogen (secondary N) is 2. The molecular weight excluding hydrogens is 572 g/mol. The summed E-state index contributed by atoms with van der Waals surface area (Å²) in [7, 11) is 0. The number of aromatic nitrogens is 7. The Balaban J connectivity index is 0.00000109. The monoisotopic (exact) mass is 600 g/mol. The summed E-state index contributed by atoms with van der Waals surface area (Å²) in [5, 5.41) is 29.5. The van der Waals surface area contributed by atoms with E-state index in [9.17, 15) is 9.90 Å². The SMILES string of the molecule is CC.CC(C)(c1c(Nc2cnc(-n3nccn3)c(Cl)c2)cnc2cc(Cl)nn12)C(O)CNC=O.C[Se]. The maximum absolute atomic E-state index is 10.8. The van der Waals surface area contributed by atoms with Crippen LogP contribution in [0.5, 0.6) is 0 Å². The fourth-order valence-electron chi connectivity index (χ4n) is 3.32. The molecular formula is C22H28Cl2N9O2Se. The molecule has 0 saturated carbocycles. The molecule has 1 radical (unpaired) electrons. The van der Waals surface area contributed by atoms with Gasteiger partial charge in [-0.1, -0.05) is 50.9 Å². The molecule has 4 heterocycles. The van der Waals surface area contributed by atoms with Crippen LogP contribution in [0.4, 0.5) is 11.4 Å². The number of hydrogen-bond donors (Lipinski definition) is 3. The molecule has 0 spiro atoms. The Labute approximate surface area is 227 Å². The molecule has 1 amide bonds. The first-order chi connectivity index (χ1) is 17.3. The van der Waals surface area contributed by atoms with Gasteiger partial charge in [0, 0.05) is 18.0 Å². The third-order valence-corrected chi connectivity index (χ3v) is 5.46. The summed E-state index contributed by atoms with van der Waals surface area (Å²) in [6.45, 7) is 7.71. The number of nitrogens with zero attached hydrogens (tertiary/aromatic N) is 7. The molecule has 0 aliphatic heterocycles. The van der Waals surface area contributed by atoms with E-state index in [-0.39, 0.29) is 11.7 Å². The zero-order valence-electron chi connectivity index (χ0n) is 20.5. The van der Waals surface area contributed by atoms with Crippen molar-refractivity contribution >= 4 is 62.6 Å². The predicted molar refractivity (Wildman–Crippen MR) is 142 cm³/mol. The average molecular weight is 600 g/mol. The van der Waals surface area contributed by atoms with Crippen molar-refractivity contribution in [1.29, 1.82) is 0 Å². The number of fused-ring (bicyclic) bond motifs is 1. The molecule has 0 saturated heterocycles. The molecule has 193 valence electrons. The zero-order valence-corrected chi connectivity index (χ0v) is 23.7. The first-order valence-corrected chi connectivity index (χ1v) is 13.4. The van der Waals surface area contributed by atoms with Crippen molar-refractivity contribution in [2.75, 3.05) is 11.9 Å². The number of rotatable bonds is 8. The second-order valence-corrected chi connectivity index (χ2v) is 8.29. The summed E-state index contributed by atoms with van der Waals surface area (Å²) in [6, 6.07) is 3.29. The Morgan fingerprint density at radius 3 is 2.42 bits per heavy atom. The van der Waals surface area contributed by atoms with Gasteiger partial charge in [-0.25, -0.2) is 14.5 Å². The van der Waals surface area contributed by atoms with Gasteiger partial charge in [0.2, 0.25) is 6.41 Å². The normalized spacial score (nSPS) is 11.6. The number of amides is 1. The molecule has 0 bridgehead atoms. The molecule has 4 aromatic rings. The van der Waals surface area contributed by atoms with E-state index in [1.54, 1.807) is 29.0 Å². The summed E-state index contributed by atoms with van der Waals surface area (Å²) in [6.07, 6.45) is 5.85. The van der Waals surface area contributed by atoms with E-state index >= 15 is 0 Å². The first-order valence-electron chi connectivity index (χ1n) is 10.9. The molecule has 4 aromatic heterocycles. The van der Waals surface area contributed by atoms with Gasteiger partial charge in [-0.2, -0.15) is 15.3 Å². The minimum absolute atomic E-state index is 0.0493. The molecule has 0 aliphatic carbocycles. The Hall–Kier alpha value is -2.76. The molecule has 1 atom stereocenters. The van der Waals surface area contributed by atoms with Crippen LogP contribution >= 0.6 is 23.2 Å². The maximum atomic E-state index is 10.8. The van der Waals surface area contributed by atoms with E-state index in [1.165, 1.54) is 17.2 Å². The fourth-order valence-corrected chi connectivity index (χ4v) is 3.73. The van der Waals surface area contributed by atoms with Crippen LogP contribution in [0, 0.1) is 0 Å². The molecule has 0 fully saturated rings. The quantitative estimate of drug-likeness (QED) is 0.207. The van der Waals surface area contributed by atoms with Gasteiger partial charge in [-0.05, 0) is 6.07 Å². The molecule has 36 heavy (non-hydrogen) atoms. The van der Waals surface area contributed by atoms with E-state index in [2.05, 4.69) is 51.9 Å².